The van der Waals surface area contributed by atoms with Gasteiger partial charge in [-0.05, 0) is 85.5 Å². The van der Waals surface area contributed by atoms with Gasteiger partial charge in [0.2, 0.25) is 0 Å². The van der Waals surface area contributed by atoms with Gasteiger partial charge >= 0.3 is 0 Å². The Kier molecular flexibility index (Phi) is 5.48. The topological polar surface area (TPSA) is 65.4 Å². The molecule has 40 heavy (non-hydrogen) atoms. The summed E-state index contributed by atoms with van der Waals surface area (Å²) >= 11 is 0. The maximum absolute atomic E-state index is 13.7. The monoisotopic (exact) mass is 533 g/mol. The molecule has 3 aromatic carbocycles. The number of hydrazone groups is 1. The molecular weight excluding hydrogens is 498 g/mol. The Hall–Kier alpha value is -3.48. The van der Waals surface area contributed by atoms with Gasteiger partial charge in [0, 0.05) is 24.4 Å². The Morgan fingerprint density at radius 3 is 2.55 bits per heavy atom. The lowest BCUT2D eigenvalue weighted by Gasteiger charge is -2.64. The SMILES string of the molecule is O=C1C2C[C@@]3(O)[C@H]4Cc5ccc(OCc6ccccc6)cc5[C@@]3(CCN4CC3CC3)CC2=NN1c1ccccc1. The van der Waals surface area contributed by atoms with Gasteiger partial charge in [-0.25, -0.2) is 5.01 Å². The fourth-order valence-electron chi connectivity index (χ4n) is 8.01. The largest absolute Gasteiger partial charge is 0.489 e. The van der Waals surface area contributed by atoms with E-state index in [0.29, 0.717) is 19.4 Å². The molecule has 3 fully saturated rings. The number of ether oxygens (including phenoxy) is 1. The molecule has 3 aromatic rings. The smallest absolute Gasteiger partial charge is 0.256 e. The van der Waals surface area contributed by atoms with Crippen molar-refractivity contribution in [2.75, 3.05) is 18.1 Å². The number of para-hydroxylation sites is 1. The molecule has 1 unspecified atom stereocenters. The third-order valence-corrected chi connectivity index (χ3v) is 10.2. The Morgan fingerprint density at radius 1 is 1.00 bits per heavy atom. The Balaban J connectivity index is 1.19. The van der Waals surface area contributed by atoms with Gasteiger partial charge in [-0.1, -0.05) is 54.6 Å². The molecule has 1 amide bonds. The van der Waals surface area contributed by atoms with Crippen LogP contribution in [0.25, 0.3) is 0 Å². The zero-order valence-corrected chi connectivity index (χ0v) is 22.7. The van der Waals surface area contributed by atoms with Gasteiger partial charge in [-0.15, -0.1) is 0 Å². The second-order valence-electron chi connectivity index (χ2n) is 12.5. The molecule has 4 atom stereocenters. The lowest BCUT2D eigenvalue weighted by atomic mass is 9.47. The number of rotatable bonds is 6. The van der Waals surface area contributed by atoms with E-state index < -0.39 is 11.0 Å². The van der Waals surface area contributed by atoms with E-state index in [2.05, 4.69) is 35.2 Å². The van der Waals surface area contributed by atoms with Crippen molar-refractivity contribution in [1.82, 2.24) is 4.90 Å². The number of anilines is 1. The molecule has 3 aliphatic carbocycles. The van der Waals surface area contributed by atoms with Gasteiger partial charge in [0.25, 0.3) is 5.91 Å². The highest BCUT2D eigenvalue weighted by Gasteiger charge is 2.67. The van der Waals surface area contributed by atoms with Crippen LogP contribution in [0.4, 0.5) is 5.69 Å². The third-order valence-electron chi connectivity index (χ3n) is 10.2. The highest BCUT2D eigenvalue weighted by molar-refractivity contribution is 6.16. The van der Waals surface area contributed by atoms with E-state index in [9.17, 15) is 9.90 Å². The number of nitrogens with zero attached hydrogens (tertiary/aromatic N) is 3. The molecule has 0 aromatic heterocycles. The summed E-state index contributed by atoms with van der Waals surface area (Å²) < 4.78 is 6.28. The molecule has 204 valence electrons. The van der Waals surface area contributed by atoms with Crippen molar-refractivity contribution < 1.29 is 14.6 Å². The standard InChI is InChI=1S/C34H35N3O3/c38-32-28-19-34(39)31-17-25-13-14-27(40-22-24-7-3-1-4-8-24)18-29(25)33(34,15-16-36(31)21-23-11-12-23)20-30(28)35-37(32)26-9-5-2-6-10-26/h1-10,13-14,18,23,28,31,39H,11-12,15-17,19-22H2/t28?,31-,33-,34-/m1/s1. The number of likely N-dealkylation sites (tertiary alicyclic amines) is 1. The van der Waals surface area contributed by atoms with Gasteiger partial charge in [0.1, 0.15) is 12.4 Å². The summed E-state index contributed by atoms with van der Waals surface area (Å²) in [5.74, 6) is 1.19. The second kappa shape index (κ2) is 9.02. The van der Waals surface area contributed by atoms with Crippen LogP contribution in [0.2, 0.25) is 0 Å². The summed E-state index contributed by atoms with van der Waals surface area (Å²) in [7, 11) is 0. The summed E-state index contributed by atoms with van der Waals surface area (Å²) in [5.41, 5.74) is 3.83. The minimum atomic E-state index is -1.00. The summed E-state index contributed by atoms with van der Waals surface area (Å²) in [6.45, 7) is 2.52. The van der Waals surface area contributed by atoms with Crippen LogP contribution < -0.4 is 9.75 Å². The molecule has 5 aliphatic rings. The van der Waals surface area contributed by atoms with E-state index in [-0.39, 0.29) is 17.9 Å². The van der Waals surface area contributed by atoms with Gasteiger partial charge in [-0.3, -0.25) is 9.69 Å². The minimum absolute atomic E-state index is 0.00515. The number of amides is 1. The number of carbonyl (C=O) groups excluding carboxylic acids is 1. The number of benzene rings is 3. The molecule has 8 rings (SSSR count). The molecule has 1 saturated heterocycles. The molecule has 2 aliphatic heterocycles. The Bertz CT molecular complexity index is 1490. The van der Waals surface area contributed by atoms with Crippen LogP contribution in [-0.4, -0.2) is 46.4 Å². The molecule has 6 heteroatoms. The Labute approximate surface area is 235 Å². The van der Waals surface area contributed by atoms with Crippen LogP contribution >= 0.6 is 0 Å². The van der Waals surface area contributed by atoms with Crippen molar-refractivity contribution in [3.63, 3.8) is 0 Å². The summed E-state index contributed by atoms with van der Waals surface area (Å²) in [6, 6.07) is 26.4. The number of carbonyl (C=O) groups is 1. The molecule has 6 nitrogen and oxygen atoms in total. The van der Waals surface area contributed by atoms with Crippen molar-refractivity contribution in [3.05, 3.63) is 95.6 Å². The van der Waals surface area contributed by atoms with Crippen LogP contribution in [0.1, 0.15) is 48.8 Å². The molecule has 0 spiro atoms. The first-order chi connectivity index (χ1) is 19.5. The predicted molar refractivity (Wildman–Crippen MR) is 154 cm³/mol. The first kappa shape index (κ1) is 24.3. The average Bonchev–Trinajstić information content (AvgIpc) is 3.75. The van der Waals surface area contributed by atoms with E-state index in [1.807, 2.05) is 48.5 Å². The quantitative estimate of drug-likeness (QED) is 0.480. The van der Waals surface area contributed by atoms with E-state index in [1.54, 1.807) is 5.01 Å². The summed E-state index contributed by atoms with van der Waals surface area (Å²) in [4.78, 5) is 16.3. The highest BCUT2D eigenvalue weighted by Crippen LogP contribution is 2.60. The van der Waals surface area contributed by atoms with Gasteiger partial charge in [0.05, 0.1) is 22.9 Å². The number of aliphatic hydroxyl groups is 1. The van der Waals surface area contributed by atoms with Crippen molar-refractivity contribution in [1.29, 1.82) is 0 Å². The minimum Gasteiger partial charge on any atom is -0.489 e. The Morgan fingerprint density at radius 2 is 1.77 bits per heavy atom. The van der Waals surface area contributed by atoms with E-state index in [0.717, 1.165) is 54.6 Å². The second-order valence-corrected chi connectivity index (χ2v) is 12.5. The number of fused-ring (bicyclic) bond motifs is 2. The lowest BCUT2D eigenvalue weighted by molar-refractivity contribution is -0.162. The third kappa shape index (κ3) is 3.69. The number of piperidine rings is 1. The van der Waals surface area contributed by atoms with Crippen LogP contribution in [0.3, 0.4) is 0 Å². The van der Waals surface area contributed by atoms with Gasteiger partial charge in [0.15, 0.2) is 0 Å². The number of hydrogen-bond acceptors (Lipinski definition) is 5. The van der Waals surface area contributed by atoms with Crippen LogP contribution in [0.15, 0.2) is 84.0 Å². The predicted octanol–water partition coefficient (Wildman–Crippen LogP) is 5.09. The van der Waals surface area contributed by atoms with Crippen LogP contribution in [-0.2, 0) is 23.2 Å². The summed E-state index contributed by atoms with van der Waals surface area (Å²) in [5, 5.41) is 19.4. The van der Waals surface area contributed by atoms with E-state index in [4.69, 9.17) is 9.84 Å². The van der Waals surface area contributed by atoms with Gasteiger partial charge in [-0.2, -0.15) is 5.10 Å². The van der Waals surface area contributed by atoms with Crippen molar-refractivity contribution >= 4 is 17.3 Å². The van der Waals surface area contributed by atoms with Crippen molar-refractivity contribution in [3.8, 4) is 5.75 Å². The fraction of sp³-hybridized carbons (Fsp3) is 0.412. The first-order valence-electron chi connectivity index (χ1n) is 14.8. The van der Waals surface area contributed by atoms with Crippen molar-refractivity contribution in [2.24, 2.45) is 16.9 Å². The molecule has 2 saturated carbocycles. The van der Waals surface area contributed by atoms with Crippen LogP contribution in [0, 0.1) is 11.8 Å². The van der Waals surface area contributed by atoms with E-state index in [1.165, 1.54) is 24.0 Å². The highest BCUT2D eigenvalue weighted by atomic mass is 16.5. The maximum atomic E-state index is 13.7. The van der Waals surface area contributed by atoms with Gasteiger partial charge < -0.3 is 9.84 Å². The van der Waals surface area contributed by atoms with Crippen molar-refractivity contribution in [2.45, 2.75) is 62.2 Å². The number of hydrogen-bond donors (Lipinski definition) is 1. The molecule has 0 radical (unpaired) electrons. The summed E-state index contributed by atoms with van der Waals surface area (Å²) in [6.07, 6.45) is 5.26. The lowest BCUT2D eigenvalue weighted by Crippen LogP contribution is -2.74. The maximum Gasteiger partial charge on any atom is 0.256 e. The molecular formula is C34H35N3O3. The zero-order chi connectivity index (χ0) is 26.9. The molecule has 2 heterocycles. The molecule has 2 bridgehead atoms. The van der Waals surface area contributed by atoms with E-state index >= 15 is 0 Å². The van der Waals surface area contributed by atoms with Crippen LogP contribution in [0.5, 0.6) is 5.75 Å². The average molecular weight is 534 g/mol. The fourth-order valence-corrected chi connectivity index (χ4v) is 8.01. The first-order valence-corrected chi connectivity index (χ1v) is 14.8. The zero-order valence-electron chi connectivity index (χ0n) is 22.7. The normalized spacial score (nSPS) is 30.8. The molecule has 1 N–H and O–H groups in total.